The number of hydrogen-bond donors (Lipinski definition) is 0. The van der Waals surface area contributed by atoms with Gasteiger partial charge in [-0.15, -0.1) is 0 Å². The monoisotopic (exact) mass is 245 g/mol. The maximum atomic E-state index is 2.60. The van der Waals surface area contributed by atoms with E-state index in [4.69, 9.17) is 0 Å². The molecule has 0 amide bonds. The largest absolute Gasteiger partial charge is 0.371 e. The molecule has 0 radical (unpaired) electrons. The topological polar surface area (TPSA) is 3.24 Å². The Labute approximate surface area is 112 Å². The first-order chi connectivity index (χ1) is 8.38. The van der Waals surface area contributed by atoms with Crippen LogP contribution >= 0.6 is 0 Å². The Balaban J connectivity index is 2.33. The number of para-hydroxylation sites is 1. The van der Waals surface area contributed by atoms with Gasteiger partial charge in [0.05, 0.1) is 0 Å². The van der Waals surface area contributed by atoms with Crippen LogP contribution in [0.25, 0.3) is 0 Å². The quantitative estimate of drug-likeness (QED) is 0.706. The van der Waals surface area contributed by atoms with Crippen LogP contribution in [0, 0.1) is 11.8 Å². The molecule has 0 spiro atoms. The summed E-state index contributed by atoms with van der Waals surface area (Å²) >= 11 is 0. The minimum Gasteiger partial charge on any atom is -0.371 e. The highest BCUT2D eigenvalue weighted by atomic mass is 15.1. The molecule has 1 saturated heterocycles. The van der Waals surface area contributed by atoms with Gasteiger partial charge < -0.3 is 4.90 Å². The molecule has 1 heteroatoms. The average Bonchev–Trinajstić information content (AvgIpc) is 2.26. The number of nitrogens with zero attached hydrogens (tertiary/aromatic N) is 1. The molecule has 0 saturated carbocycles. The predicted molar refractivity (Wildman–Crippen MR) is 80.3 cm³/mol. The van der Waals surface area contributed by atoms with Crippen LogP contribution in [-0.2, 0) is 5.41 Å². The van der Waals surface area contributed by atoms with Crippen molar-refractivity contribution in [2.75, 3.05) is 18.0 Å². The van der Waals surface area contributed by atoms with Gasteiger partial charge in [0, 0.05) is 18.8 Å². The summed E-state index contributed by atoms with van der Waals surface area (Å²) in [7, 11) is 0. The second kappa shape index (κ2) is 4.95. The summed E-state index contributed by atoms with van der Waals surface area (Å²) in [5.41, 5.74) is 3.15. The highest BCUT2D eigenvalue weighted by Crippen LogP contribution is 2.34. The Morgan fingerprint density at radius 2 is 1.56 bits per heavy atom. The molecule has 1 heterocycles. The minimum atomic E-state index is 0.223. The van der Waals surface area contributed by atoms with E-state index in [2.05, 4.69) is 63.8 Å². The molecule has 2 atom stereocenters. The van der Waals surface area contributed by atoms with Crippen molar-refractivity contribution in [2.45, 2.75) is 46.5 Å². The van der Waals surface area contributed by atoms with Crippen molar-refractivity contribution in [2.24, 2.45) is 11.8 Å². The Kier molecular flexibility index (Phi) is 3.70. The summed E-state index contributed by atoms with van der Waals surface area (Å²) in [6.45, 7) is 14.1. The number of benzene rings is 1. The van der Waals surface area contributed by atoms with Gasteiger partial charge >= 0.3 is 0 Å². The Bertz CT molecular complexity index is 392. The van der Waals surface area contributed by atoms with Crippen molar-refractivity contribution in [1.82, 2.24) is 0 Å². The molecule has 0 aliphatic carbocycles. The van der Waals surface area contributed by atoms with Gasteiger partial charge in [0.1, 0.15) is 0 Å². The summed E-state index contributed by atoms with van der Waals surface area (Å²) in [5.74, 6) is 1.61. The summed E-state index contributed by atoms with van der Waals surface area (Å²) in [4.78, 5) is 2.60. The molecular formula is C17H27N. The molecule has 0 unspecified atom stereocenters. The van der Waals surface area contributed by atoms with Gasteiger partial charge in [0.25, 0.3) is 0 Å². The van der Waals surface area contributed by atoms with Crippen molar-refractivity contribution in [3.8, 4) is 0 Å². The lowest BCUT2D eigenvalue weighted by atomic mass is 9.84. The van der Waals surface area contributed by atoms with Crippen molar-refractivity contribution in [1.29, 1.82) is 0 Å². The van der Waals surface area contributed by atoms with E-state index in [1.165, 1.54) is 30.8 Å². The predicted octanol–water partition coefficient (Wildman–Crippen LogP) is 4.47. The molecule has 2 rings (SSSR count). The molecule has 100 valence electrons. The van der Waals surface area contributed by atoms with Crippen molar-refractivity contribution >= 4 is 5.69 Å². The molecule has 1 aliphatic rings. The number of hydrogen-bond acceptors (Lipinski definition) is 1. The Hall–Kier alpha value is -0.980. The van der Waals surface area contributed by atoms with Crippen LogP contribution in [-0.4, -0.2) is 13.1 Å². The van der Waals surface area contributed by atoms with E-state index in [1.54, 1.807) is 0 Å². The summed E-state index contributed by atoms with van der Waals surface area (Å²) in [5, 5.41) is 0. The number of rotatable bonds is 1. The zero-order chi connectivity index (χ0) is 13.3. The van der Waals surface area contributed by atoms with Crippen molar-refractivity contribution < 1.29 is 0 Å². The van der Waals surface area contributed by atoms with Crippen molar-refractivity contribution in [3.05, 3.63) is 29.8 Å². The fraction of sp³-hybridized carbons (Fsp3) is 0.647. The SMILES string of the molecule is C[C@H]1C[C@H](C)CN(c2ccccc2C(C)(C)C)C1. The van der Waals surface area contributed by atoms with Crippen LogP contribution in [0.3, 0.4) is 0 Å². The zero-order valence-corrected chi connectivity index (χ0v) is 12.5. The highest BCUT2D eigenvalue weighted by molar-refractivity contribution is 5.56. The Morgan fingerprint density at radius 3 is 2.11 bits per heavy atom. The fourth-order valence-corrected chi connectivity index (χ4v) is 3.24. The maximum absolute atomic E-state index is 2.60. The van der Waals surface area contributed by atoms with Crippen LogP contribution in [0.2, 0.25) is 0 Å². The molecule has 0 bridgehead atoms. The summed E-state index contributed by atoms with van der Waals surface area (Å²) < 4.78 is 0. The van der Waals surface area contributed by atoms with Crippen LogP contribution < -0.4 is 4.90 Å². The van der Waals surface area contributed by atoms with Gasteiger partial charge in [-0.3, -0.25) is 0 Å². The normalized spacial score (nSPS) is 25.3. The van der Waals surface area contributed by atoms with Gasteiger partial charge in [0.2, 0.25) is 0 Å². The van der Waals surface area contributed by atoms with Crippen LogP contribution in [0.15, 0.2) is 24.3 Å². The zero-order valence-electron chi connectivity index (χ0n) is 12.5. The first kappa shape index (κ1) is 13.5. The van der Waals surface area contributed by atoms with Gasteiger partial charge in [-0.25, -0.2) is 0 Å². The lowest BCUT2D eigenvalue weighted by Crippen LogP contribution is -2.39. The third-order valence-corrected chi connectivity index (χ3v) is 3.92. The van der Waals surface area contributed by atoms with Gasteiger partial charge in [-0.05, 0) is 35.3 Å². The van der Waals surface area contributed by atoms with Gasteiger partial charge in [-0.1, -0.05) is 52.8 Å². The summed E-state index contributed by atoms with van der Waals surface area (Å²) in [6.07, 6.45) is 1.37. The molecule has 1 aromatic rings. The van der Waals surface area contributed by atoms with E-state index in [-0.39, 0.29) is 5.41 Å². The van der Waals surface area contributed by atoms with E-state index in [9.17, 15) is 0 Å². The van der Waals surface area contributed by atoms with E-state index in [0.29, 0.717) is 0 Å². The van der Waals surface area contributed by atoms with E-state index in [1.807, 2.05) is 0 Å². The summed E-state index contributed by atoms with van der Waals surface area (Å²) in [6, 6.07) is 8.93. The lowest BCUT2D eigenvalue weighted by Gasteiger charge is -2.39. The first-order valence-electron chi connectivity index (χ1n) is 7.22. The molecule has 1 nitrogen and oxygen atoms in total. The second-order valence-corrected chi connectivity index (χ2v) is 7.12. The maximum Gasteiger partial charge on any atom is 0.0404 e. The Morgan fingerprint density at radius 1 is 1.00 bits per heavy atom. The molecule has 1 aliphatic heterocycles. The standard InChI is InChI=1S/C17H27N/c1-13-10-14(2)12-18(11-13)16-9-7-6-8-15(16)17(3,4)5/h6-9,13-14H,10-12H2,1-5H3/t13-,14-/m0/s1. The van der Waals surface area contributed by atoms with Gasteiger partial charge in [-0.2, -0.15) is 0 Å². The molecule has 1 aromatic carbocycles. The van der Waals surface area contributed by atoms with Crippen LogP contribution in [0.1, 0.15) is 46.6 Å². The van der Waals surface area contributed by atoms with E-state index < -0.39 is 0 Å². The molecule has 1 fully saturated rings. The minimum absolute atomic E-state index is 0.223. The lowest BCUT2D eigenvalue weighted by molar-refractivity contribution is 0.355. The molecular weight excluding hydrogens is 218 g/mol. The number of piperidine rings is 1. The van der Waals surface area contributed by atoms with Crippen LogP contribution in [0.5, 0.6) is 0 Å². The third kappa shape index (κ3) is 2.88. The molecule has 18 heavy (non-hydrogen) atoms. The first-order valence-corrected chi connectivity index (χ1v) is 7.22. The molecule has 0 aromatic heterocycles. The second-order valence-electron chi connectivity index (χ2n) is 7.12. The van der Waals surface area contributed by atoms with Crippen molar-refractivity contribution in [3.63, 3.8) is 0 Å². The van der Waals surface area contributed by atoms with E-state index in [0.717, 1.165) is 11.8 Å². The number of anilines is 1. The fourth-order valence-electron chi connectivity index (χ4n) is 3.24. The van der Waals surface area contributed by atoms with Gasteiger partial charge in [0.15, 0.2) is 0 Å². The molecule has 0 N–H and O–H groups in total. The smallest absolute Gasteiger partial charge is 0.0404 e. The average molecular weight is 245 g/mol. The van der Waals surface area contributed by atoms with E-state index >= 15 is 0 Å². The third-order valence-electron chi connectivity index (χ3n) is 3.92. The van der Waals surface area contributed by atoms with Crippen LogP contribution in [0.4, 0.5) is 5.69 Å². The highest BCUT2D eigenvalue weighted by Gasteiger charge is 2.26.